The Bertz CT molecular complexity index is 574. The highest BCUT2D eigenvalue weighted by Gasteiger charge is 2.26. The van der Waals surface area contributed by atoms with E-state index in [1.807, 2.05) is 0 Å². The van der Waals surface area contributed by atoms with Crippen molar-refractivity contribution >= 4 is 21.5 Å². The number of carboxylic acids is 1. The van der Waals surface area contributed by atoms with Gasteiger partial charge < -0.3 is 15.2 Å². The van der Waals surface area contributed by atoms with Crippen molar-refractivity contribution < 1.29 is 31.8 Å². The molecule has 0 amide bonds. The number of halogens is 2. The normalized spacial score (nSPS) is 13.1. The molecule has 0 bridgehead atoms. The lowest BCUT2D eigenvalue weighted by Crippen LogP contribution is -2.25. The van der Waals surface area contributed by atoms with Crippen molar-refractivity contribution in [2.75, 3.05) is 19.0 Å². The summed E-state index contributed by atoms with van der Waals surface area (Å²) < 4.78 is 52.1. The molecular weight excluding hydrogens is 308 g/mol. The summed E-state index contributed by atoms with van der Waals surface area (Å²) in [6.07, 6.45) is -0.756. The number of hydrogen-bond acceptors (Lipinski definition) is 5. The van der Waals surface area contributed by atoms with E-state index in [9.17, 15) is 22.0 Å². The molecule has 1 unspecified atom stereocenters. The lowest BCUT2D eigenvalue weighted by molar-refractivity contribution is -0.139. The van der Waals surface area contributed by atoms with Gasteiger partial charge in [0.15, 0.2) is 0 Å². The summed E-state index contributed by atoms with van der Waals surface area (Å²) >= 11 is 0. The fourth-order valence-electron chi connectivity index (χ4n) is 1.53. The van der Waals surface area contributed by atoms with Crippen LogP contribution in [-0.4, -0.2) is 45.0 Å². The van der Waals surface area contributed by atoms with Crippen LogP contribution in [0.15, 0.2) is 29.2 Å². The quantitative estimate of drug-likeness (QED) is 0.754. The van der Waals surface area contributed by atoms with Gasteiger partial charge in [0.05, 0.1) is 17.4 Å². The van der Waals surface area contributed by atoms with Gasteiger partial charge in [-0.3, -0.25) is 4.79 Å². The first kappa shape index (κ1) is 17.3. The van der Waals surface area contributed by atoms with Crippen molar-refractivity contribution in [2.24, 2.45) is 0 Å². The highest BCUT2D eigenvalue weighted by Crippen LogP contribution is 2.20. The minimum absolute atomic E-state index is 0.184. The van der Waals surface area contributed by atoms with E-state index in [-0.39, 0.29) is 13.0 Å². The van der Waals surface area contributed by atoms with Crippen LogP contribution in [0.5, 0.6) is 0 Å². The van der Waals surface area contributed by atoms with Gasteiger partial charge in [-0.25, -0.2) is 8.42 Å². The highest BCUT2D eigenvalue weighted by molar-refractivity contribution is 7.91. The number of sulfone groups is 1. The Kier molecular flexibility index (Phi) is 6.03. The third kappa shape index (κ3) is 4.94. The molecular formula is C12H15F2NO5S. The van der Waals surface area contributed by atoms with Gasteiger partial charge >= 0.3 is 11.7 Å². The lowest BCUT2D eigenvalue weighted by atomic mass is 10.2. The first-order chi connectivity index (χ1) is 9.77. The predicted molar refractivity (Wildman–Crippen MR) is 71.2 cm³/mol. The number of carboxylic acid groups (broad SMARTS) is 1. The number of aliphatic carboxylic acids is 1. The van der Waals surface area contributed by atoms with Crippen molar-refractivity contribution in [2.45, 2.75) is 23.2 Å². The second-order valence-corrected chi connectivity index (χ2v) is 6.08. The number of ether oxygens (including phenoxy) is 1. The summed E-state index contributed by atoms with van der Waals surface area (Å²) in [6, 6.07) is 4.76. The van der Waals surface area contributed by atoms with Crippen molar-refractivity contribution in [1.29, 1.82) is 0 Å². The molecule has 2 N–H and O–H groups in total. The first-order valence-electron chi connectivity index (χ1n) is 5.88. The third-order valence-electron chi connectivity index (χ3n) is 2.69. The monoisotopic (exact) mass is 323 g/mol. The molecule has 0 radical (unpaired) electrons. The Hall–Kier alpha value is -1.74. The van der Waals surface area contributed by atoms with E-state index in [2.05, 4.69) is 5.32 Å². The molecule has 1 aromatic rings. The molecule has 1 aromatic carbocycles. The number of anilines is 1. The van der Waals surface area contributed by atoms with Gasteiger partial charge in [0.1, 0.15) is 0 Å². The van der Waals surface area contributed by atoms with Gasteiger partial charge in [0.2, 0.25) is 9.84 Å². The number of rotatable bonds is 8. The second-order valence-electron chi connectivity index (χ2n) is 4.17. The molecule has 9 heteroatoms. The summed E-state index contributed by atoms with van der Waals surface area (Å²) in [5.41, 5.74) is 0.468. The molecule has 118 valence electrons. The summed E-state index contributed by atoms with van der Waals surface area (Å²) in [5, 5.41) is 11.5. The summed E-state index contributed by atoms with van der Waals surface area (Å²) in [7, 11) is -3.24. The van der Waals surface area contributed by atoms with E-state index in [0.29, 0.717) is 5.69 Å². The van der Waals surface area contributed by atoms with Crippen LogP contribution in [0.4, 0.5) is 14.5 Å². The summed E-state index contributed by atoms with van der Waals surface area (Å²) in [4.78, 5) is 10.1. The second kappa shape index (κ2) is 7.32. The maximum Gasteiger partial charge on any atom is 0.341 e. The van der Waals surface area contributed by atoms with Crippen LogP contribution >= 0.6 is 0 Å². The number of benzene rings is 1. The van der Waals surface area contributed by atoms with Gasteiger partial charge in [-0.05, 0) is 24.3 Å². The Morgan fingerprint density at radius 1 is 1.33 bits per heavy atom. The zero-order valence-electron chi connectivity index (χ0n) is 11.1. The van der Waals surface area contributed by atoms with Crippen LogP contribution in [0.25, 0.3) is 0 Å². The van der Waals surface area contributed by atoms with Gasteiger partial charge in [0.25, 0.3) is 0 Å². The molecule has 0 spiro atoms. The van der Waals surface area contributed by atoms with Crippen molar-refractivity contribution in [3.8, 4) is 0 Å². The van der Waals surface area contributed by atoms with Gasteiger partial charge in [0, 0.05) is 19.3 Å². The Labute approximate surface area is 120 Å². The van der Waals surface area contributed by atoms with Gasteiger partial charge in [-0.15, -0.1) is 0 Å². The molecule has 0 aliphatic heterocycles. The molecule has 0 aliphatic rings. The van der Waals surface area contributed by atoms with Crippen LogP contribution in [-0.2, 0) is 19.4 Å². The molecule has 0 saturated heterocycles. The van der Waals surface area contributed by atoms with Crippen LogP contribution < -0.4 is 5.32 Å². The molecule has 0 heterocycles. The van der Waals surface area contributed by atoms with E-state index in [4.69, 9.17) is 9.84 Å². The molecule has 21 heavy (non-hydrogen) atoms. The van der Waals surface area contributed by atoms with Crippen molar-refractivity contribution in [1.82, 2.24) is 0 Å². The zero-order chi connectivity index (χ0) is 16.0. The lowest BCUT2D eigenvalue weighted by Gasteiger charge is -2.15. The largest absolute Gasteiger partial charge is 0.481 e. The average molecular weight is 323 g/mol. The zero-order valence-corrected chi connectivity index (χ0v) is 11.9. The molecule has 0 aliphatic carbocycles. The predicted octanol–water partition coefficient (Wildman–Crippen LogP) is 1.58. The number of methoxy groups -OCH3 is 1. The highest BCUT2D eigenvalue weighted by atomic mass is 32.2. The molecule has 0 saturated carbocycles. The molecule has 6 nitrogen and oxygen atoms in total. The SMILES string of the molecule is COC(CNc1ccc(S(=O)(=O)C(F)F)cc1)CC(=O)O. The fourth-order valence-corrected chi connectivity index (χ4v) is 2.25. The van der Waals surface area contributed by atoms with Crippen molar-refractivity contribution in [3.63, 3.8) is 0 Å². The summed E-state index contributed by atoms with van der Waals surface area (Å²) in [6.45, 7) is 0.184. The van der Waals surface area contributed by atoms with E-state index in [1.54, 1.807) is 0 Å². The third-order valence-corrected chi connectivity index (χ3v) is 4.09. The maximum absolute atomic E-state index is 12.3. The van der Waals surface area contributed by atoms with Crippen LogP contribution in [0, 0.1) is 0 Å². The standard InChI is InChI=1S/C12H15F2NO5S/c1-20-9(6-11(16)17)7-15-8-2-4-10(5-3-8)21(18,19)12(13)14/h2-5,9,12,15H,6-7H2,1H3,(H,16,17). The Morgan fingerprint density at radius 3 is 2.33 bits per heavy atom. The maximum atomic E-state index is 12.3. The summed E-state index contributed by atoms with van der Waals surface area (Å²) in [5.74, 6) is -4.48. The number of hydrogen-bond donors (Lipinski definition) is 2. The number of nitrogens with one attached hydrogen (secondary N) is 1. The fraction of sp³-hybridized carbons (Fsp3) is 0.417. The Balaban J connectivity index is 2.69. The van der Waals surface area contributed by atoms with E-state index in [0.717, 1.165) is 12.1 Å². The molecule has 0 aromatic heterocycles. The number of alkyl halides is 2. The van der Waals surface area contributed by atoms with Crippen molar-refractivity contribution in [3.05, 3.63) is 24.3 Å². The van der Waals surface area contributed by atoms with E-state index in [1.165, 1.54) is 19.2 Å². The van der Waals surface area contributed by atoms with Gasteiger partial charge in [-0.2, -0.15) is 8.78 Å². The minimum Gasteiger partial charge on any atom is -0.481 e. The van der Waals surface area contributed by atoms with Gasteiger partial charge in [-0.1, -0.05) is 0 Å². The number of carbonyl (C=O) groups is 1. The topological polar surface area (TPSA) is 92.7 Å². The molecule has 1 rings (SSSR count). The van der Waals surface area contributed by atoms with Crippen LogP contribution in [0.2, 0.25) is 0 Å². The van der Waals surface area contributed by atoms with E-state index >= 15 is 0 Å². The smallest absolute Gasteiger partial charge is 0.341 e. The Morgan fingerprint density at radius 2 is 1.90 bits per heavy atom. The first-order valence-corrected chi connectivity index (χ1v) is 7.42. The van der Waals surface area contributed by atoms with Crippen LogP contribution in [0.1, 0.15) is 6.42 Å². The average Bonchev–Trinajstić information content (AvgIpc) is 2.43. The minimum atomic E-state index is -4.61. The molecule has 0 fully saturated rings. The molecule has 1 atom stereocenters. The van der Waals surface area contributed by atoms with E-state index < -0.39 is 32.6 Å². The van der Waals surface area contributed by atoms with Crippen LogP contribution in [0.3, 0.4) is 0 Å².